The molecule has 1 atom stereocenters. The van der Waals surface area contributed by atoms with Crippen LogP contribution in [0.25, 0.3) is 0 Å². The molecule has 15 heavy (non-hydrogen) atoms. The normalized spacial score (nSPS) is 21.4. The number of hydrogen-bond donors (Lipinski definition) is 0. The maximum atomic E-state index is 11.9. The van der Waals surface area contributed by atoms with Gasteiger partial charge in [-0.25, -0.2) is 4.79 Å². The summed E-state index contributed by atoms with van der Waals surface area (Å²) in [7, 11) is 0. The van der Waals surface area contributed by atoms with Gasteiger partial charge in [-0.05, 0) is 26.7 Å². The maximum absolute atomic E-state index is 11.9. The molecule has 84 valence electrons. The van der Waals surface area contributed by atoms with Crippen molar-refractivity contribution in [2.24, 2.45) is 0 Å². The first-order valence-corrected chi connectivity index (χ1v) is 5.57. The zero-order valence-electron chi connectivity index (χ0n) is 9.35. The summed E-state index contributed by atoms with van der Waals surface area (Å²) >= 11 is 0. The smallest absolute Gasteiger partial charge is 0.328 e. The van der Waals surface area contributed by atoms with E-state index in [1.807, 2.05) is 26.2 Å². The number of hydrogen-bond acceptors (Lipinski definition) is 2. The fourth-order valence-electron chi connectivity index (χ4n) is 1.97. The molecule has 4 nitrogen and oxygen atoms in total. The van der Waals surface area contributed by atoms with Gasteiger partial charge in [0.15, 0.2) is 0 Å². The fourth-order valence-corrected chi connectivity index (χ4v) is 1.97. The third-order valence-corrected chi connectivity index (χ3v) is 2.85. The molecule has 0 spiro atoms. The van der Waals surface area contributed by atoms with Crippen LogP contribution in [0.1, 0.15) is 32.7 Å². The fraction of sp³-hybridized carbons (Fsp3) is 0.727. The van der Waals surface area contributed by atoms with Crippen LogP contribution in [0.3, 0.4) is 0 Å². The van der Waals surface area contributed by atoms with Gasteiger partial charge in [-0.1, -0.05) is 0 Å². The van der Waals surface area contributed by atoms with Crippen molar-refractivity contribution in [2.45, 2.75) is 45.4 Å². The first-order chi connectivity index (χ1) is 7.18. The Labute approximate surface area is 89.5 Å². The van der Waals surface area contributed by atoms with Crippen molar-refractivity contribution < 1.29 is 4.74 Å². The summed E-state index contributed by atoms with van der Waals surface area (Å²) in [6, 6.07) is 0.225. The second-order valence-corrected chi connectivity index (χ2v) is 4.37. The third kappa shape index (κ3) is 2.15. The minimum absolute atomic E-state index is 0.0699. The minimum Gasteiger partial charge on any atom is -0.376 e. The summed E-state index contributed by atoms with van der Waals surface area (Å²) in [6.07, 6.45) is 6.11. The maximum Gasteiger partial charge on any atom is 0.328 e. The highest BCUT2D eigenvalue weighted by Crippen LogP contribution is 2.13. The molecule has 4 heteroatoms. The van der Waals surface area contributed by atoms with Crippen molar-refractivity contribution in [1.29, 1.82) is 0 Å². The highest BCUT2D eigenvalue weighted by Gasteiger charge is 2.17. The second kappa shape index (κ2) is 4.23. The molecule has 0 saturated carbocycles. The van der Waals surface area contributed by atoms with Gasteiger partial charge in [-0.3, -0.25) is 9.13 Å². The number of imidazole rings is 1. The monoisotopic (exact) mass is 210 g/mol. The van der Waals surface area contributed by atoms with E-state index in [2.05, 4.69) is 0 Å². The molecule has 0 radical (unpaired) electrons. The Bertz CT molecular complexity index is 372. The van der Waals surface area contributed by atoms with Gasteiger partial charge >= 0.3 is 5.69 Å². The van der Waals surface area contributed by atoms with Crippen molar-refractivity contribution in [3.05, 3.63) is 22.9 Å². The molecular formula is C11H18N2O2. The Kier molecular flexibility index (Phi) is 2.95. The lowest BCUT2D eigenvalue weighted by Gasteiger charge is -2.09. The number of ether oxygens (including phenoxy) is 1. The molecule has 0 bridgehead atoms. The van der Waals surface area contributed by atoms with E-state index in [9.17, 15) is 4.79 Å². The molecule has 1 saturated heterocycles. The van der Waals surface area contributed by atoms with Crippen LogP contribution in [0.4, 0.5) is 0 Å². The van der Waals surface area contributed by atoms with Crippen LogP contribution < -0.4 is 5.69 Å². The van der Waals surface area contributed by atoms with Gasteiger partial charge in [0.2, 0.25) is 0 Å². The van der Waals surface area contributed by atoms with E-state index in [1.54, 1.807) is 9.13 Å². The van der Waals surface area contributed by atoms with E-state index in [1.165, 1.54) is 0 Å². The zero-order chi connectivity index (χ0) is 10.8. The van der Waals surface area contributed by atoms with Crippen molar-refractivity contribution in [1.82, 2.24) is 9.13 Å². The first kappa shape index (κ1) is 10.5. The Morgan fingerprint density at radius 2 is 2.33 bits per heavy atom. The van der Waals surface area contributed by atoms with E-state index in [4.69, 9.17) is 4.74 Å². The Hall–Kier alpha value is -1.03. The summed E-state index contributed by atoms with van der Waals surface area (Å²) in [5, 5.41) is 0. The SMILES string of the molecule is CC(C)n1ccn(CC2CCCO2)c1=O. The summed E-state index contributed by atoms with van der Waals surface area (Å²) in [5.41, 5.74) is 0.0699. The van der Waals surface area contributed by atoms with E-state index in [0.29, 0.717) is 6.54 Å². The van der Waals surface area contributed by atoms with Crippen molar-refractivity contribution in [3.8, 4) is 0 Å². The lowest BCUT2D eigenvalue weighted by molar-refractivity contribution is 0.0960. The van der Waals surface area contributed by atoms with Crippen molar-refractivity contribution in [3.63, 3.8) is 0 Å². The molecular weight excluding hydrogens is 192 g/mol. The van der Waals surface area contributed by atoms with Crippen LogP contribution in [0.5, 0.6) is 0 Å². The van der Waals surface area contributed by atoms with Crippen LogP contribution in [-0.2, 0) is 11.3 Å². The van der Waals surface area contributed by atoms with E-state index >= 15 is 0 Å². The van der Waals surface area contributed by atoms with Crippen molar-refractivity contribution >= 4 is 0 Å². The Morgan fingerprint density at radius 3 is 2.87 bits per heavy atom. The van der Waals surface area contributed by atoms with Crippen LogP contribution in [0, 0.1) is 0 Å². The van der Waals surface area contributed by atoms with E-state index in [-0.39, 0.29) is 17.8 Å². The molecule has 1 fully saturated rings. The highest BCUT2D eigenvalue weighted by molar-refractivity contribution is 4.85. The second-order valence-electron chi connectivity index (χ2n) is 4.37. The zero-order valence-corrected chi connectivity index (χ0v) is 9.35. The van der Waals surface area contributed by atoms with Crippen LogP contribution in [0.2, 0.25) is 0 Å². The molecule has 2 rings (SSSR count). The standard InChI is InChI=1S/C11H18N2O2/c1-9(2)13-6-5-12(11(13)14)8-10-4-3-7-15-10/h5-6,9-10H,3-4,7-8H2,1-2H3. The van der Waals surface area contributed by atoms with Crippen molar-refractivity contribution in [2.75, 3.05) is 6.61 Å². The number of rotatable bonds is 3. The highest BCUT2D eigenvalue weighted by atomic mass is 16.5. The van der Waals surface area contributed by atoms with Gasteiger partial charge in [0, 0.05) is 25.0 Å². The number of aromatic nitrogens is 2. The molecule has 1 aliphatic rings. The van der Waals surface area contributed by atoms with Crippen LogP contribution in [-0.4, -0.2) is 21.8 Å². The van der Waals surface area contributed by atoms with Gasteiger partial charge < -0.3 is 4.74 Å². The molecule has 0 aliphatic carbocycles. The molecule has 1 aliphatic heterocycles. The molecule has 1 aromatic heterocycles. The molecule has 0 N–H and O–H groups in total. The lowest BCUT2D eigenvalue weighted by atomic mass is 10.2. The molecule has 2 heterocycles. The predicted molar refractivity (Wildman–Crippen MR) is 58.1 cm³/mol. The largest absolute Gasteiger partial charge is 0.376 e. The summed E-state index contributed by atoms with van der Waals surface area (Å²) in [6.45, 7) is 5.55. The van der Waals surface area contributed by atoms with Crippen LogP contribution >= 0.6 is 0 Å². The average molecular weight is 210 g/mol. The molecule has 0 amide bonds. The van der Waals surface area contributed by atoms with Gasteiger partial charge in [0.05, 0.1) is 12.6 Å². The third-order valence-electron chi connectivity index (χ3n) is 2.85. The Morgan fingerprint density at radius 1 is 1.53 bits per heavy atom. The minimum atomic E-state index is 0.0699. The van der Waals surface area contributed by atoms with E-state index < -0.39 is 0 Å². The number of nitrogens with zero attached hydrogens (tertiary/aromatic N) is 2. The lowest BCUT2D eigenvalue weighted by Crippen LogP contribution is -2.28. The van der Waals surface area contributed by atoms with Gasteiger partial charge in [0.1, 0.15) is 0 Å². The first-order valence-electron chi connectivity index (χ1n) is 5.57. The van der Waals surface area contributed by atoms with Crippen LogP contribution in [0.15, 0.2) is 17.2 Å². The molecule has 1 aromatic rings. The summed E-state index contributed by atoms with van der Waals surface area (Å²) in [4.78, 5) is 11.9. The van der Waals surface area contributed by atoms with Gasteiger partial charge in [-0.2, -0.15) is 0 Å². The Balaban J connectivity index is 2.11. The molecule has 0 aromatic carbocycles. The summed E-state index contributed by atoms with van der Waals surface area (Å²) in [5.74, 6) is 0. The quantitative estimate of drug-likeness (QED) is 0.756. The molecule has 1 unspecified atom stereocenters. The topological polar surface area (TPSA) is 36.2 Å². The van der Waals surface area contributed by atoms with E-state index in [0.717, 1.165) is 19.4 Å². The van der Waals surface area contributed by atoms with Gasteiger partial charge in [-0.15, -0.1) is 0 Å². The van der Waals surface area contributed by atoms with Gasteiger partial charge in [0.25, 0.3) is 0 Å². The predicted octanol–water partition coefficient (Wildman–Crippen LogP) is 1.41. The summed E-state index contributed by atoms with van der Waals surface area (Å²) < 4.78 is 9.00. The average Bonchev–Trinajstić information content (AvgIpc) is 2.78.